The van der Waals surface area contributed by atoms with Crippen molar-refractivity contribution in [1.29, 1.82) is 0 Å². The van der Waals surface area contributed by atoms with Gasteiger partial charge < -0.3 is 10.1 Å². The van der Waals surface area contributed by atoms with Gasteiger partial charge in [-0.2, -0.15) is 0 Å². The molecule has 0 unspecified atom stereocenters. The van der Waals surface area contributed by atoms with Crippen LogP contribution in [0.1, 0.15) is 12.8 Å². The standard InChI is InChI=1S/C16H15F2NO2/c17-12-8-9-15(14(18)11-12)19-16(20)7-4-10-21-13-5-2-1-3-6-13/h1-3,5-6,8-9,11H,4,7,10H2,(H,19,20). The van der Waals surface area contributed by atoms with E-state index in [9.17, 15) is 13.6 Å². The summed E-state index contributed by atoms with van der Waals surface area (Å²) in [6.45, 7) is 0.392. The molecule has 0 bridgehead atoms. The van der Waals surface area contributed by atoms with E-state index >= 15 is 0 Å². The van der Waals surface area contributed by atoms with E-state index in [1.54, 1.807) is 0 Å². The van der Waals surface area contributed by atoms with Gasteiger partial charge in [-0.25, -0.2) is 8.78 Å². The fraction of sp³-hybridized carbons (Fsp3) is 0.188. The Hall–Kier alpha value is -2.43. The van der Waals surface area contributed by atoms with E-state index in [-0.39, 0.29) is 18.0 Å². The number of carbonyl (C=O) groups excluding carboxylic acids is 1. The summed E-state index contributed by atoms with van der Waals surface area (Å²) < 4.78 is 31.5. The number of hydrogen-bond acceptors (Lipinski definition) is 2. The molecule has 0 spiro atoms. The Labute approximate surface area is 121 Å². The molecule has 0 heterocycles. The van der Waals surface area contributed by atoms with Gasteiger partial charge in [-0.3, -0.25) is 4.79 Å². The van der Waals surface area contributed by atoms with Crippen molar-refractivity contribution in [3.05, 3.63) is 60.2 Å². The van der Waals surface area contributed by atoms with Crippen LogP contribution in [-0.2, 0) is 4.79 Å². The number of para-hydroxylation sites is 1. The third-order valence-corrected chi connectivity index (χ3v) is 2.77. The molecule has 0 aliphatic rings. The lowest BCUT2D eigenvalue weighted by Crippen LogP contribution is -2.13. The Morgan fingerprint density at radius 3 is 2.57 bits per heavy atom. The molecule has 0 aliphatic heterocycles. The molecule has 1 amide bonds. The van der Waals surface area contributed by atoms with Gasteiger partial charge in [-0.1, -0.05) is 18.2 Å². The average molecular weight is 291 g/mol. The van der Waals surface area contributed by atoms with Crippen LogP contribution in [0.25, 0.3) is 0 Å². The van der Waals surface area contributed by atoms with E-state index in [4.69, 9.17) is 4.74 Å². The summed E-state index contributed by atoms with van der Waals surface area (Å²) in [4.78, 5) is 11.6. The molecule has 0 saturated heterocycles. The van der Waals surface area contributed by atoms with Crippen LogP contribution in [0.2, 0.25) is 0 Å². The van der Waals surface area contributed by atoms with Crippen LogP contribution in [0, 0.1) is 11.6 Å². The van der Waals surface area contributed by atoms with Crippen LogP contribution in [0.3, 0.4) is 0 Å². The Balaban J connectivity index is 1.72. The van der Waals surface area contributed by atoms with Crippen molar-refractivity contribution in [3.63, 3.8) is 0 Å². The molecule has 0 radical (unpaired) electrons. The van der Waals surface area contributed by atoms with Gasteiger partial charge in [0.1, 0.15) is 17.4 Å². The molecule has 0 aliphatic carbocycles. The molecule has 110 valence electrons. The summed E-state index contributed by atoms with van der Waals surface area (Å²) >= 11 is 0. The maximum atomic E-state index is 13.3. The van der Waals surface area contributed by atoms with Gasteiger partial charge in [0.15, 0.2) is 0 Å². The average Bonchev–Trinajstić information content (AvgIpc) is 2.48. The molecule has 21 heavy (non-hydrogen) atoms. The van der Waals surface area contributed by atoms with Crippen LogP contribution in [0.15, 0.2) is 48.5 Å². The molecule has 0 saturated carbocycles. The number of hydrogen-bond donors (Lipinski definition) is 1. The minimum atomic E-state index is -0.788. The lowest BCUT2D eigenvalue weighted by atomic mass is 10.2. The molecule has 0 atom stereocenters. The highest BCUT2D eigenvalue weighted by molar-refractivity contribution is 5.90. The Morgan fingerprint density at radius 1 is 1.10 bits per heavy atom. The molecular formula is C16H15F2NO2. The highest BCUT2D eigenvalue weighted by Crippen LogP contribution is 2.15. The van der Waals surface area contributed by atoms with Crippen LogP contribution in [0.4, 0.5) is 14.5 Å². The molecule has 0 fully saturated rings. The number of nitrogens with one attached hydrogen (secondary N) is 1. The first-order valence-corrected chi connectivity index (χ1v) is 6.58. The van der Waals surface area contributed by atoms with E-state index in [2.05, 4.69) is 5.32 Å². The van der Waals surface area contributed by atoms with Crippen LogP contribution in [-0.4, -0.2) is 12.5 Å². The zero-order chi connectivity index (χ0) is 15.1. The van der Waals surface area contributed by atoms with E-state index in [1.807, 2.05) is 30.3 Å². The van der Waals surface area contributed by atoms with Gasteiger partial charge in [0.25, 0.3) is 0 Å². The second-order valence-electron chi connectivity index (χ2n) is 4.44. The van der Waals surface area contributed by atoms with E-state index < -0.39 is 11.6 Å². The topological polar surface area (TPSA) is 38.3 Å². The van der Waals surface area contributed by atoms with Gasteiger partial charge in [0.2, 0.25) is 5.91 Å². The number of benzene rings is 2. The molecule has 3 nitrogen and oxygen atoms in total. The molecule has 1 N–H and O–H groups in total. The minimum Gasteiger partial charge on any atom is -0.494 e. The first kappa shape index (κ1) is 15.0. The van der Waals surface area contributed by atoms with Crippen molar-refractivity contribution in [3.8, 4) is 5.75 Å². The third-order valence-electron chi connectivity index (χ3n) is 2.77. The molecule has 5 heteroatoms. The van der Waals surface area contributed by atoms with Gasteiger partial charge >= 0.3 is 0 Å². The lowest BCUT2D eigenvalue weighted by molar-refractivity contribution is -0.116. The number of ether oxygens (including phenoxy) is 1. The highest BCUT2D eigenvalue weighted by atomic mass is 19.1. The van der Waals surface area contributed by atoms with Crippen molar-refractivity contribution in [2.75, 3.05) is 11.9 Å². The van der Waals surface area contributed by atoms with Gasteiger partial charge in [-0.05, 0) is 30.7 Å². The minimum absolute atomic E-state index is 0.0228. The summed E-state index contributed by atoms with van der Waals surface area (Å²) in [5, 5.41) is 2.40. The SMILES string of the molecule is O=C(CCCOc1ccccc1)Nc1ccc(F)cc1F. The first-order chi connectivity index (χ1) is 10.1. The highest BCUT2D eigenvalue weighted by Gasteiger charge is 2.07. The number of halogens is 2. The van der Waals surface area contributed by atoms with E-state index in [0.717, 1.165) is 17.9 Å². The van der Waals surface area contributed by atoms with Gasteiger partial charge in [-0.15, -0.1) is 0 Å². The zero-order valence-electron chi connectivity index (χ0n) is 11.3. The van der Waals surface area contributed by atoms with Crippen LogP contribution >= 0.6 is 0 Å². The Morgan fingerprint density at radius 2 is 1.86 bits per heavy atom. The summed E-state index contributed by atoms with van der Waals surface area (Å²) in [7, 11) is 0. The Kier molecular flexibility index (Phi) is 5.26. The van der Waals surface area contributed by atoms with Crippen molar-refractivity contribution in [1.82, 2.24) is 0 Å². The monoisotopic (exact) mass is 291 g/mol. The summed E-state index contributed by atoms with van der Waals surface area (Å²) in [5.74, 6) is -1.06. The normalized spacial score (nSPS) is 10.2. The smallest absolute Gasteiger partial charge is 0.224 e. The van der Waals surface area contributed by atoms with Crippen molar-refractivity contribution in [2.45, 2.75) is 12.8 Å². The predicted molar refractivity (Wildman–Crippen MR) is 76.2 cm³/mol. The number of amides is 1. The molecule has 0 aromatic heterocycles. The maximum absolute atomic E-state index is 13.3. The van der Waals surface area contributed by atoms with E-state index in [0.29, 0.717) is 13.0 Å². The Bertz CT molecular complexity index is 602. The fourth-order valence-electron chi connectivity index (χ4n) is 1.74. The van der Waals surface area contributed by atoms with Crippen molar-refractivity contribution >= 4 is 11.6 Å². The fourth-order valence-corrected chi connectivity index (χ4v) is 1.74. The third kappa shape index (κ3) is 4.87. The summed E-state index contributed by atoms with van der Waals surface area (Å²) in [5.41, 5.74) is -0.0228. The zero-order valence-corrected chi connectivity index (χ0v) is 11.3. The number of anilines is 1. The van der Waals surface area contributed by atoms with Crippen LogP contribution in [0.5, 0.6) is 5.75 Å². The summed E-state index contributed by atoms with van der Waals surface area (Å²) in [6.07, 6.45) is 0.702. The maximum Gasteiger partial charge on any atom is 0.224 e. The molecular weight excluding hydrogens is 276 g/mol. The summed E-state index contributed by atoms with van der Waals surface area (Å²) in [6, 6.07) is 12.3. The van der Waals surface area contributed by atoms with Gasteiger partial charge in [0, 0.05) is 12.5 Å². The molecule has 2 aromatic rings. The predicted octanol–water partition coefficient (Wildman–Crippen LogP) is 3.76. The molecule has 2 aromatic carbocycles. The molecule has 2 rings (SSSR count). The number of rotatable bonds is 6. The largest absolute Gasteiger partial charge is 0.494 e. The number of carbonyl (C=O) groups is 1. The quantitative estimate of drug-likeness (QED) is 0.823. The van der Waals surface area contributed by atoms with Crippen molar-refractivity contribution in [2.24, 2.45) is 0 Å². The first-order valence-electron chi connectivity index (χ1n) is 6.58. The second kappa shape index (κ2) is 7.38. The van der Waals surface area contributed by atoms with Crippen molar-refractivity contribution < 1.29 is 18.3 Å². The van der Waals surface area contributed by atoms with E-state index in [1.165, 1.54) is 6.07 Å². The van der Waals surface area contributed by atoms with Gasteiger partial charge in [0.05, 0.1) is 12.3 Å². The van der Waals surface area contributed by atoms with Crippen LogP contribution < -0.4 is 10.1 Å². The second-order valence-corrected chi connectivity index (χ2v) is 4.44. The lowest BCUT2D eigenvalue weighted by Gasteiger charge is -2.07.